The second-order valence-corrected chi connectivity index (χ2v) is 8.40. The van der Waals surface area contributed by atoms with Crippen molar-refractivity contribution in [2.75, 3.05) is 0 Å². The van der Waals surface area contributed by atoms with Gasteiger partial charge in [-0.05, 0) is 74.0 Å². The van der Waals surface area contributed by atoms with Gasteiger partial charge in [0, 0.05) is 0 Å². The molecule has 0 radical (unpaired) electrons. The zero-order valence-electron chi connectivity index (χ0n) is 12.6. The van der Waals surface area contributed by atoms with E-state index in [1.54, 1.807) is 0 Å². The molecular formula is C18H30O2. The molecule has 4 saturated carbocycles. The number of hydrogen-bond acceptors (Lipinski definition) is 2. The molecule has 4 fully saturated rings. The lowest BCUT2D eigenvalue weighted by Gasteiger charge is -2.27. The first kappa shape index (κ1) is 13.6. The number of unbranched alkanes of at least 4 members (excludes halogenated alkanes) is 1. The van der Waals surface area contributed by atoms with E-state index >= 15 is 0 Å². The van der Waals surface area contributed by atoms with E-state index in [2.05, 4.69) is 0 Å². The van der Waals surface area contributed by atoms with Crippen LogP contribution in [0, 0.1) is 35.5 Å². The normalized spacial score (nSPS) is 53.1. The Bertz CT molecular complexity index is 353. The van der Waals surface area contributed by atoms with Gasteiger partial charge in [-0.25, -0.2) is 0 Å². The van der Waals surface area contributed by atoms with Crippen molar-refractivity contribution in [2.45, 2.75) is 76.4 Å². The standard InChI is InChI=1S/C18H30O2/c19-17-10-14-9-15(17)8-12(14)3-1-2-4-13-5-11-6-16(13)18(20)7-11/h11-20H,1-10H2. The molecule has 0 aliphatic heterocycles. The van der Waals surface area contributed by atoms with Crippen molar-refractivity contribution in [1.82, 2.24) is 0 Å². The van der Waals surface area contributed by atoms with E-state index in [9.17, 15) is 10.2 Å². The van der Waals surface area contributed by atoms with Crippen molar-refractivity contribution < 1.29 is 10.2 Å². The van der Waals surface area contributed by atoms with E-state index in [0.29, 0.717) is 11.8 Å². The second kappa shape index (κ2) is 5.28. The van der Waals surface area contributed by atoms with Crippen LogP contribution < -0.4 is 0 Å². The highest BCUT2D eigenvalue weighted by molar-refractivity contribution is 4.96. The Labute approximate surface area is 123 Å². The molecule has 8 atom stereocenters. The molecule has 0 spiro atoms. The molecule has 4 aliphatic rings. The summed E-state index contributed by atoms with van der Waals surface area (Å²) in [5, 5.41) is 19.8. The average molecular weight is 278 g/mol. The first-order valence-electron chi connectivity index (χ1n) is 9.07. The van der Waals surface area contributed by atoms with Crippen LogP contribution in [0.25, 0.3) is 0 Å². The Kier molecular flexibility index (Phi) is 3.58. The maximum Gasteiger partial charge on any atom is 0.0573 e. The summed E-state index contributed by atoms with van der Waals surface area (Å²) in [6.07, 6.45) is 13.1. The molecule has 4 bridgehead atoms. The van der Waals surface area contributed by atoms with Gasteiger partial charge < -0.3 is 10.2 Å². The van der Waals surface area contributed by atoms with Gasteiger partial charge in [-0.1, -0.05) is 25.7 Å². The van der Waals surface area contributed by atoms with Crippen LogP contribution in [0.3, 0.4) is 0 Å². The van der Waals surface area contributed by atoms with Crippen molar-refractivity contribution in [3.05, 3.63) is 0 Å². The molecule has 0 saturated heterocycles. The first-order chi connectivity index (χ1) is 9.70. The quantitative estimate of drug-likeness (QED) is 0.757. The third-order valence-electron chi connectivity index (χ3n) is 7.28. The molecular weight excluding hydrogens is 248 g/mol. The van der Waals surface area contributed by atoms with Crippen LogP contribution in [-0.4, -0.2) is 22.4 Å². The van der Waals surface area contributed by atoms with E-state index in [0.717, 1.165) is 36.5 Å². The molecule has 0 heterocycles. The highest BCUT2D eigenvalue weighted by Crippen LogP contribution is 2.51. The van der Waals surface area contributed by atoms with Gasteiger partial charge in [0.1, 0.15) is 0 Å². The van der Waals surface area contributed by atoms with Crippen LogP contribution in [0.2, 0.25) is 0 Å². The summed E-state index contributed by atoms with van der Waals surface area (Å²) in [4.78, 5) is 0. The zero-order valence-corrected chi connectivity index (χ0v) is 12.6. The SMILES string of the molecule is OC1CC2CC1CC2CCCCC1CC2CC(O)C1C2. The number of rotatable bonds is 5. The summed E-state index contributed by atoms with van der Waals surface area (Å²) >= 11 is 0. The Morgan fingerprint density at radius 3 is 2.05 bits per heavy atom. The Morgan fingerprint density at radius 2 is 1.45 bits per heavy atom. The van der Waals surface area contributed by atoms with Crippen molar-refractivity contribution in [3.8, 4) is 0 Å². The van der Waals surface area contributed by atoms with Gasteiger partial charge in [0.15, 0.2) is 0 Å². The van der Waals surface area contributed by atoms with Crippen LogP contribution in [0.5, 0.6) is 0 Å². The third kappa shape index (κ3) is 2.33. The average Bonchev–Trinajstić information content (AvgIpc) is 3.13. The molecule has 0 aromatic rings. The molecule has 0 aromatic heterocycles. The van der Waals surface area contributed by atoms with Gasteiger partial charge in [-0.3, -0.25) is 0 Å². The summed E-state index contributed by atoms with van der Waals surface area (Å²) < 4.78 is 0. The number of fused-ring (bicyclic) bond motifs is 4. The largest absolute Gasteiger partial charge is 0.393 e. The molecule has 4 aliphatic carbocycles. The van der Waals surface area contributed by atoms with Gasteiger partial charge in [-0.2, -0.15) is 0 Å². The third-order valence-corrected chi connectivity index (χ3v) is 7.28. The fourth-order valence-corrected chi connectivity index (χ4v) is 6.32. The smallest absolute Gasteiger partial charge is 0.0573 e. The molecule has 2 N–H and O–H groups in total. The van der Waals surface area contributed by atoms with Crippen molar-refractivity contribution in [3.63, 3.8) is 0 Å². The van der Waals surface area contributed by atoms with E-state index in [-0.39, 0.29) is 12.2 Å². The topological polar surface area (TPSA) is 40.5 Å². The number of aliphatic hydroxyl groups excluding tert-OH is 2. The van der Waals surface area contributed by atoms with E-state index in [4.69, 9.17) is 0 Å². The van der Waals surface area contributed by atoms with Crippen LogP contribution >= 0.6 is 0 Å². The van der Waals surface area contributed by atoms with Gasteiger partial charge in [0.05, 0.1) is 12.2 Å². The Morgan fingerprint density at radius 1 is 0.650 bits per heavy atom. The predicted octanol–water partition coefficient (Wildman–Crippen LogP) is 3.36. The van der Waals surface area contributed by atoms with Crippen molar-refractivity contribution >= 4 is 0 Å². The highest BCUT2D eigenvalue weighted by Gasteiger charge is 2.46. The van der Waals surface area contributed by atoms with E-state index < -0.39 is 0 Å². The van der Waals surface area contributed by atoms with E-state index in [1.165, 1.54) is 51.4 Å². The maximum absolute atomic E-state index is 9.99. The number of hydrogen-bond donors (Lipinski definition) is 2. The summed E-state index contributed by atoms with van der Waals surface area (Å²) in [7, 11) is 0. The summed E-state index contributed by atoms with van der Waals surface area (Å²) in [6.45, 7) is 0. The molecule has 0 aromatic carbocycles. The summed E-state index contributed by atoms with van der Waals surface area (Å²) in [5.74, 6) is 4.76. The number of aliphatic hydroxyl groups is 2. The first-order valence-corrected chi connectivity index (χ1v) is 9.07. The monoisotopic (exact) mass is 278 g/mol. The van der Waals surface area contributed by atoms with Crippen LogP contribution in [0.4, 0.5) is 0 Å². The van der Waals surface area contributed by atoms with Gasteiger partial charge in [0.2, 0.25) is 0 Å². The lowest BCUT2D eigenvalue weighted by molar-refractivity contribution is 0.0761. The second-order valence-electron chi connectivity index (χ2n) is 8.40. The minimum Gasteiger partial charge on any atom is -0.393 e. The van der Waals surface area contributed by atoms with E-state index in [1.807, 2.05) is 0 Å². The minimum atomic E-state index is 0.0332. The summed E-state index contributed by atoms with van der Waals surface area (Å²) in [6, 6.07) is 0. The molecule has 20 heavy (non-hydrogen) atoms. The molecule has 8 unspecified atom stereocenters. The van der Waals surface area contributed by atoms with Gasteiger partial charge in [0.25, 0.3) is 0 Å². The fourth-order valence-electron chi connectivity index (χ4n) is 6.32. The summed E-state index contributed by atoms with van der Waals surface area (Å²) in [5.41, 5.74) is 0. The predicted molar refractivity (Wildman–Crippen MR) is 79.1 cm³/mol. The van der Waals surface area contributed by atoms with Crippen LogP contribution in [0.15, 0.2) is 0 Å². The molecule has 2 heteroatoms. The fraction of sp³-hybridized carbons (Fsp3) is 1.00. The Balaban J connectivity index is 1.16. The molecule has 4 rings (SSSR count). The van der Waals surface area contributed by atoms with Gasteiger partial charge >= 0.3 is 0 Å². The molecule has 0 amide bonds. The van der Waals surface area contributed by atoms with Crippen LogP contribution in [-0.2, 0) is 0 Å². The van der Waals surface area contributed by atoms with Crippen molar-refractivity contribution in [2.24, 2.45) is 35.5 Å². The van der Waals surface area contributed by atoms with Crippen LogP contribution in [0.1, 0.15) is 64.2 Å². The zero-order chi connectivity index (χ0) is 13.7. The van der Waals surface area contributed by atoms with Gasteiger partial charge in [-0.15, -0.1) is 0 Å². The maximum atomic E-state index is 9.99. The van der Waals surface area contributed by atoms with Crippen molar-refractivity contribution in [1.29, 1.82) is 0 Å². The lowest BCUT2D eigenvalue weighted by atomic mass is 9.81. The Hall–Kier alpha value is -0.0800. The molecule has 2 nitrogen and oxygen atoms in total. The molecule has 114 valence electrons. The highest BCUT2D eigenvalue weighted by atomic mass is 16.3. The lowest BCUT2D eigenvalue weighted by Crippen LogP contribution is -2.24. The minimum absolute atomic E-state index is 0.0332.